The second-order valence-electron chi connectivity index (χ2n) is 10.7. The largest absolute Gasteiger partial charge is 0.366 e. The van der Waals surface area contributed by atoms with Gasteiger partial charge < -0.3 is 15.1 Å². The van der Waals surface area contributed by atoms with Crippen molar-refractivity contribution in [1.82, 2.24) is 14.8 Å². The Bertz CT molecular complexity index is 1570. The Morgan fingerprint density at radius 3 is 2.52 bits per heavy atom. The Balaban J connectivity index is 1.37. The van der Waals surface area contributed by atoms with E-state index in [0.29, 0.717) is 23.5 Å². The molecule has 2 fully saturated rings. The van der Waals surface area contributed by atoms with Crippen molar-refractivity contribution < 1.29 is 4.79 Å². The number of nitriles is 1. The molecule has 6 rings (SSSR count). The molecule has 0 aliphatic carbocycles. The van der Waals surface area contributed by atoms with Gasteiger partial charge in [0.05, 0.1) is 22.7 Å². The van der Waals surface area contributed by atoms with Crippen LogP contribution in [-0.2, 0) is 6.54 Å². The zero-order valence-corrected chi connectivity index (χ0v) is 24.0. The van der Waals surface area contributed by atoms with E-state index in [4.69, 9.17) is 4.98 Å². The molecule has 1 N–H and O–H groups in total. The lowest BCUT2D eigenvalue weighted by Gasteiger charge is -2.29. The van der Waals surface area contributed by atoms with Crippen molar-refractivity contribution in [3.63, 3.8) is 0 Å². The number of pyridine rings is 1. The van der Waals surface area contributed by atoms with Gasteiger partial charge in [-0.2, -0.15) is 5.26 Å². The van der Waals surface area contributed by atoms with Gasteiger partial charge in [0.15, 0.2) is 0 Å². The summed E-state index contributed by atoms with van der Waals surface area (Å²) in [5.74, 6) is 0.767. The van der Waals surface area contributed by atoms with Crippen molar-refractivity contribution >= 4 is 38.6 Å². The van der Waals surface area contributed by atoms with E-state index in [-0.39, 0.29) is 11.9 Å². The van der Waals surface area contributed by atoms with Crippen LogP contribution < -0.4 is 5.32 Å². The highest BCUT2D eigenvalue weighted by Crippen LogP contribution is 2.31. The highest BCUT2D eigenvalue weighted by atomic mass is 79.9. The van der Waals surface area contributed by atoms with Gasteiger partial charge in [-0.3, -0.25) is 4.79 Å². The maximum Gasteiger partial charge on any atom is 0.254 e. The number of benzene rings is 3. The molecule has 2 aliphatic rings. The summed E-state index contributed by atoms with van der Waals surface area (Å²) in [4.78, 5) is 23.8. The topological polar surface area (TPSA) is 72.3 Å². The number of nitrogens with zero attached hydrogens (tertiary/aromatic N) is 4. The fraction of sp³-hybridized carbons (Fsp3) is 0.303. The number of amides is 1. The van der Waals surface area contributed by atoms with Crippen LogP contribution in [0, 0.1) is 11.3 Å². The molecule has 202 valence electrons. The van der Waals surface area contributed by atoms with E-state index in [1.165, 1.54) is 12.8 Å². The zero-order valence-electron chi connectivity index (χ0n) is 22.4. The molecule has 0 saturated carbocycles. The normalized spacial score (nSPS) is 17.3. The number of halogens is 1. The molecule has 3 heterocycles. The van der Waals surface area contributed by atoms with E-state index in [1.807, 2.05) is 60.7 Å². The lowest BCUT2D eigenvalue weighted by molar-refractivity contribution is 0.0710. The monoisotopic (exact) mass is 593 g/mol. The minimum Gasteiger partial charge on any atom is -0.366 e. The second-order valence-corrected chi connectivity index (χ2v) is 11.6. The molecule has 0 spiro atoms. The maximum absolute atomic E-state index is 14.3. The smallest absolute Gasteiger partial charge is 0.254 e. The molecule has 0 radical (unpaired) electrons. The molecule has 2 aliphatic heterocycles. The summed E-state index contributed by atoms with van der Waals surface area (Å²) < 4.78 is 1.04. The van der Waals surface area contributed by atoms with Crippen molar-refractivity contribution in [2.75, 3.05) is 31.5 Å². The Morgan fingerprint density at radius 1 is 0.975 bits per heavy atom. The first kappa shape index (κ1) is 26.5. The molecule has 6 nitrogen and oxygen atoms in total. The van der Waals surface area contributed by atoms with Crippen LogP contribution >= 0.6 is 15.9 Å². The number of fused-ring (bicyclic) bond motifs is 1. The van der Waals surface area contributed by atoms with Gasteiger partial charge in [-0.1, -0.05) is 52.3 Å². The number of hydrogen-bond donors (Lipinski definition) is 1. The highest BCUT2D eigenvalue weighted by Gasteiger charge is 2.32. The first-order valence-corrected chi connectivity index (χ1v) is 14.8. The number of hydrogen-bond acceptors (Lipinski definition) is 5. The summed E-state index contributed by atoms with van der Waals surface area (Å²) in [7, 11) is 0. The van der Waals surface area contributed by atoms with Gasteiger partial charge in [0.25, 0.3) is 5.91 Å². The van der Waals surface area contributed by atoms with Crippen molar-refractivity contribution in [2.45, 2.75) is 38.3 Å². The number of carbonyl (C=O) groups is 1. The molecular formula is C33H32BrN5O. The van der Waals surface area contributed by atoms with Crippen LogP contribution in [0.5, 0.6) is 0 Å². The molecule has 1 atom stereocenters. The van der Waals surface area contributed by atoms with Crippen LogP contribution in [0.3, 0.4) is 0 Å². The zero-order chi connectivity index (χ0) is 27.5. The van der Waals surface area contributed by atoms with Crippen LogP contribution in [0.25, 0.3) is 22.0 Å². The van der Waals surface area contributed by atoms with Crippen molar-refractivity contribution in [3.05, 3.63) is 94.0 Å². The fourth-order valence-corrected chi connectivity index (χ4v) is 6.37. The van der Waals surface area contributed by atoms with E-state index in [1.54, 1.807) is 0 Å². The summed E-state index contributed by atoms with van der Waals surface area (Å²) in [6, 6.07) is 26.1. The summed E-state index contributed by atoms with van der Waals surface area (Å²) in [5.41, 5.74) is 5.22. The molecule has 1 aromatic heterocycles. The average molecular weight is 595 g/mol. The second kappa shape index (κ2) is 11.8. The number of nitrogens with one attached hydrogen (secondary N) is 1. The summed E-state index contributed by atoms with van der Waals surface area (Å²) in [6.45, 7) is 4.61. The number of carbonyl (C=O) groups excluding carboxylic acids is 1. The quantitative estimate of drug-likeness (QED) is 0.254. The van der Waals surface area contributed by atoms with Gasteiger partial charge in [0.2, 0.25) is 0 Å². The standard InChI is InChI=1S/C33H32BrN5O/c34-30-8-2-1-6-26(30)21-36-32-19-29(33(40)39-17-5-7-27(39)22-38-15-3-4-16-38)28-18-25(13-14-31(28)37-32)24-11-9-23(20-35)10-12-24/h1-2,6,8-14,18-19,27H,3-5,7,15-17,21-22H2,(H,36,37)/t27-/m0/s1. The number of aromatic nitrogens is 1. The Kier molecular flexibility index (Phi) is 7.81. The Morgan fingerprint density at radius 2 is 1.75 bits per heavy atom. The lowest BCUT2D eigenvalue weighted by Crippen LogP contribution is -2.42. The maximum atomic E-state index is 14.3. The van der Waals surface area contributed by atoms with Gasteiger partial charge in [-0.25, -0.2) is 4.98 Å². The van der Waals surface area contributed by atoms with Gasteiger partial charge in [0.1, 0.15) is 5.82 Å². The third kappa shape index (κ3) is 5.60. The first-order valence-electron chi connectivity index (χ1n) is 14.0. The molecular weight excluding hydrogens is 562 g/mol. The predicted octanol–water partition coefficient (Wildman–Crippen LogP) is 6.85. The molecule has 1 amide bonds. The van der Waals surface area contributed by atoms with Crippen LogP contribution in [0.2, 0.25) is 0 Å². The van der Waals surface area contributed by atoms with Crippen molar-refractivity contribution in [1.29, 1.82) is 5.26 Å². The number of likely N-dealkylation sites (tertiary alicyclic amines) is 2. The van der Waals surface area contributed by atoms with E-state index in [2.05, 4.69) is 49.2 Å². The summed E-state index contributed by atoms with van der Waals surface area (Å²) >= 11 is 3.63. The third-order valence-corrected chi connectivity index (χ3v) is 8.88. The Labute approximate surface area is 243 Å². The number of anilines is 1. The van der Waals surface area contributed by atoms with Crippen molar-refractivity contribution in [2.24, 2.45) is 0 Å². The Hall–Kier alpha value is -3.73. The third-order valence-electron chi connectivity index (χ3n) is 8.11. The average Bonchev–Trinajstić information content (AvgIpc) is 3.68. The van der Waals surface area contributed by atoms with E-state index in [0.717, 1.165) is 71.1 Å². The van der Waals surface area contributed by atoms with Gasteiger partial charge in [-0.05, 0) is 91.9 Å². The lowest BCUT2D eigenvalue weighted by atomic mass is 9.99. The molecule has 40 heavy (non-hydrogen) atoms. The van der Waals surface area contributed by atoms with Gasteiger partial charge >= 0.3 is 0 Å². The molecule has 2 saturated heterocycles. The van der Waals surface area contributed by atoms with Crippen LogP contribution in [0.15, 0.2) is 77.3 Å². The van der Waals surface area contributed by atoms with Crippen LogP contribution in [0.4, 0.5) is 5.82 Å². The molecule has 0 bridgehead atoms. The predicted molar refractivity (Wildman–Crippen MR) is 163 cm³/mol. The van der Waals surface area contributed by atoms with Crippen molar-refractivity contribution in [3.8, 4) is 17.2 Å². The number of rotatable bonds is 7. The molecule has 4 aromatic rings. The van der Waals surface area contributed by atoms with Crippen LogP contribution in [0.1, 0.15) is 47.2 Å². The van der Waals surface area contributed by atoms with E-state index >= 15 is 0 Å². The van der Waals surface area contributed by atoms with Gasteiger partial charge in [-0.15, -0.1) is 0 Å². The van der Waals surface area contributed by atoms with Gasteiger partial charge in [0, 0.05) is 35.5 Å². The molecule has 3 aromatic carbocycles. The highest BCUT2D eigenvalue weighted by molar-refractivity contribution is 9.10. The van der Waals surface area contributed by atoms with E-state index in [9.17, 15) is 10.1 Å². The minimum absolute atomic E-state index is 0.0787. The van der Waals surface area contributed by atoms with Crippen LogP contribution in [-0.4, -0.2) is 52.9 Å². The summed E-state index contributed by atoms with van der Waals surface area (Å²) in [5, 5.41) is 13.5. The van der Waals surface area contributed by atoms with E-state index < -0.39 is 0 Å². The molecule has 0 unspecified atom stereocenters. The first-order chi connectivity index (χ1) is 19.6. The fourth-order valence-electron chi connectivity index (χ4n) is 5.95. The summed E-state index contributed by atoms with van der Waals surface area (Å²) in [6.07, 6.45) is 4.59. The SMILES string of the molecule is N#Cc1ccc(-c2ccc3nc(NCc4ccccc4Br)cc(C(=O)N4CCC[C@H]4CN4CCCC4)c3c2)cc1. The minimum atomic E-state index is 0.0787. The molecule has 7 heteroatoms.